The summed E-state index contributed by atoms with van der Waals surface area (Å²) in [5, 5.41) is 23.9. The number of hydrogen-bond acceptors (Lipinski definition) is 6. The maximum absolute atomic E-state index is 9.15. The molecule has 2 aliphatic rings. The van der Waals surface area contributed by atoms with E-state index in [9.17, 15) is 0 Å². The zero-order valence-electron chi connectivity index (χ0n) is 10.7. The van der Waals surface area contributed by atoms with Crippen molar-refractivity contribution in [3.8, 4) is 5.75 Å². The molecule has 0 aliphatic carbocycles. The van der Waals surface area contributed by atoms with Crippen molar-refractivity contribution in [1.29, 1.82) is 0 Å². The molecule has 0 radical (unpaired) electrons. The number of hydrogen-bond donors (Lipinski definition) is 3. The Balaban J connectivity index is 1.59. The first kappa shape index (κ1) is 12.5. The molecule has 1 fully saturated rings. The van der Waals surface area contributed by atoms with Gasteiger partial charge in [-0.15, -0.1) is 0 Å². The summed E-state index contributed by atoms with van der Waals surface area (Å²) in [5.41, 5.74) is 1.96. The summed E-state index contributed by atoms with van der Waals surface area (Å²) in [5.74, 6) is 0.857. The monoisotopic (exact) mass is 262 g/mol. The highest BCUT2D eigenvalue weighted by atomic mass is 16.5. The van der Waals surface area contributed by atoms with Gasteiger partial charge in [0.1, 0.15) is 12.4 Å². The Morgan fingerprint density at radius 2 is 2.21 bits per heavy atom. The minimum atomic E-state index is 0.105. The molecule has 3 rings (SSSR count). The van der Waals surface area contributed by atoms with E-state index in [1.165, 1.54) is 0 Å². The van der Waals surface area contributed by atoms with Crippen molar-refractivity contribution >= 4 is 5.69 Å². The zero-order valence-corrected chi connectivity index (χ0v) is 10.7. The third-order valence-electron chi connectivity index (χ3n) is 3.43. The molecule has 19 heavy (non-hydrogen) atoms. The lowest BCUT2D eigenvalue weighted by Gasteiger charge is -2.30. The van der Waals surface area contributed by atoms with Crippen molar-refractivity contribution in [2.24, 2.45) is 10.2 Å². The van der Waals surface area contributed by atoms with E-state index in [4.69, 9.17) is 9.84 Å². The number of aliphatic hydroxyl groups excluding tert-OH is 1. The standard InChI is InChI=1S/C13H18N4O2/c18-7-9-4-14-5-10(16-9)8-19-13-3-1-2-12-11(13)6-15-17-12/h1-3,9-10,14,16,18H,4-8H2. The molecule has 2 unspecified atom stereocenters. The van der Waals surface area contributed by atoms with E-state index >= 15 is 0 Å². The van der Waals surface area contributed by atoms with Crippen LogP contribution in [0.1, 0.15) is 5.56 Å². The second-order valence-electron chi connectivity index (χ2n) is 4.87. The molecule has 0 saturated carbocycles. The molecule has 1 saturated heterocycles. The van der Waals surface area contributed by atoms with Crippen LogP contribution in [0.4, 0.5) is 5.69 Å². The van der Waals surface area contributed by atoms with Crippen LogP contribution in [0.25, 0.3) is 0 Å². The molecular weight excluding hydrogens is 244 g/mol. The average molecular weight is 262 g/mol. The van der Waals surface area contributed by atoms with E-state index in [2.05, 4.69) is 20.9 Å². The third kappa shape index (κ3) is 2.75. The smallest absolute Gasteiger partial charge is 0.126 e. The second-order valence-corrected chi connectivity index (χ2v) is 4.87. The van der Waals surface area contributed by atoms with Crippen LogP contribution in [0, 0.1) is 0 Å². The van der Waals surface area contributed by atoms with Crippen molar-refractivity contribution in [2.75, 3.05) is 26.3 Å². The first-order valence-electron chi connectivity index (χ1n) is 6.56. The summed E-state index contributed by atoms with van der Waals surface area (Å²) in [4.78, 5) is 0. The normalized spacial score (nSPS) is 25.3. The van der Waals surface area contributed by atoms with Gasteiger partial charge in [0.15, 0.2) is 0 Å². The van der Waals surface area contributed by atoms with Gasteiger partial charge >= 0.3 is 0 Å². The zero-order chi connectivity index (χ0) is 13.1. The topological polar surface area (TPSA) is 78.2 Å². The van der Waals surface area contributed by atoms with Crippen molar-refractivity contribution in [2.45, 2.75) is 18.6 Å². The number of benzene rings is 1. The second kappa shape index (κ2) is 5.64. The lowest BCUT2D eigenvalue weighted by atomic mass is 10.1. The number of nitrogens with one attached hydrogen (secondary N) is 2. The Morgan fingerprint density at radius 1 is 1.32 bits per heavy atom. The highest BCUT2D eigenvalue weighted by molar-refractivity contribution is 5.54. The summed E-state index contributed by atoms with van der Waals surface area (Å²) in [6.45, 7) is 2.95. The molecule has 1 aromatic rings. The number of nitrogens with zero attached hydrogens (tertiary/aromatic N) is 2. The Kier molecular flexibility index (Phi) is 3.72. The summed E-state index contributed by atoms with van der Waals surface area (Å²) >= 11 is 0. The molecular formula is C13H18N4O2. The van der Waals surface area contributed by atoms with Crippen LogP contribution in [0.15, 0.2) is 28.4 Å². The highest BCUT2D eigenvalue weighted by Crippen LogP contribution is 2.34. The lowest BCUT2D eigenvalue weighted by molar-refractivity contribution is 0.175. The molecule has 6 heteroatoms. The van der Waals surface area contributed by atoms with Gasteiger partial charge in [-0.3, -0.25) is 0 Å². The molecule has 0 spiro atoms. The fraction of sp³-hybridized carbons (Fsp3) is 0.538. The Bertz CT molecular complexity index is 478. The predicted molar refractivity (Wildman–Crippen MR) is 70.8 cm³/mol. The van der Waals surface area contributed by atoms with E-state index < -0.39 is 0 Å². The fourth-order valence-electron chi connectivity index (χ4n) is 2.42. The van der Waals surface area contributed by atoms with E-state index in [1.807, 2.05) is 18.2 Å². The molecule has 2 atom stereocenters. The predicted octanol–water partition coefficient (Wildman–Crippen LogP) is 0.585. The van der Waals surface area contributed by atoms with Crippen LogP contribution in [0.2, 0.25) is 0 Å². The minimum absolute atomic E-state index is 0.105. The number of aliphatic hydroxyl groups is 1. The molecule has 6 nitrogen and oxygen atoms in total. The molecule has 2 aliphatic heterocycles. The summed E-state index contributed by atoms with van der Waals surface area (Å²) in [6, 6.07) is 6.14. The van der Waals surface area contributed by atoms with Gasteiger partial charge < -0.3 is 20.5 Å². The molecule has 1 aromatic carbocycles. The SMILES string of the molecule is OCC1CNCC(COc2cccc3c2CN=N3)N1. The Morgan fingerprint density at radius 3 is 3.11 bits per heavy atom. The van der Waals surface area contributed by atoms with Crippen LogP contribution in [-0.2, 0) is 6.54 Å². The molecule has 0 aromatic heterocycles. The van der Waals surface area contributed by atoms with Crippen molar-refractivity contribution in [3.63, 3.8) is 0 Å². The van der Waals surface area contributed by atoms with Gasteiger partial charge in [0.05, 0.1) is 24.9 Å². The quantitative estimate of drug-likeness (QED) is 0.742. The first-order chi connectivity index (χ1) is 9.36. The van der Waals surface area contributed by atoms with Gasteiger partial charge in [-0.05, 0) is 12.1 Å². The lowest BCUT2D eigenvalue weighted by Crippen LogP contribution is -2.58. The largest absolute Gasteiger partial charge is 0.491 e. The van der Waals surface area contributed by atoms with Gasteiger partial charge in [0, 0.05) is 24.7 Å². The van der Waals surface area contributed by atoms with Crippen molar-refractivity contribution < 1.29 is 9.84 Å². The summed E-state index contributed by atoms with van der Waals surface area (Å²) in [7, 11) is 0. The Labute approximate surface area is 111 Å². The van der Waals surface area contributed by atoms with E-state index in [-0.39, 0.29) is 18.7 Å². The van der Waals surface area contributed by atoms with Crippen LogP contribution in [0.5, 0.6) is 5.75 Å². The first-order valence-corrected chi connectivity index (χ1v) is 6.56. The van der Waals surface area contributed by atoms with Crippen LogP contribution >= 0.6 is 0 Å². The summed E-state index contributed by atoms with van der Waals surface area (Å²) in [6.07, 6.45) is 0. The van der Waals surface area contributed by atoms with E-state index in [0.717, 1.165) is 30.1 Å². The molecule has 0 bridgehead atoms. The number of ether oxygens (including phenoxy) is 1. The van der Waals surface area contributed by atoms with Gasteiger partial charge in [-0.2, -0.15) is 10.2 Å². The number of rotatable bonds is 4. The number of azo groups is 1. The van der Waals surface area contributed by atoms with E-state index in [1.54, 1.807) is 0 Å². The van der Waals surface area contributed by atoms with Crippen molar-refractivity contribution in [3.05, 3.63) is 23.8 Å². The minimum Gasteiger partial charge on any atom is -0.491 e. The third-order valence-corrected chi connectivity index (χ3v) is 3.43. The average Bonchev–Trinajstić information content (AvgIpc) is 2.94. The number of fused-ring (bicyclic) bond motifs is 1. The maximum Gasteiger partial charge on any atom is 0.126 e. The Hall–Kier alpha value is -1.50. The van der Waals surface area contributed by atoms with Crippen LogP contribution in [0.3, 0.4) is 0 Å². The van der Waals surface area contributed by atoms with Crippen molar-refractivity contribution in [1.82, 2.24) is 10.6 Å². The molecule has 2 heterocycles. The van der Waals surface area contributed by atoms with Crippen LogP contribution < -0.4 is 15.4 Å². The fourth-order valence-corrected chi connectivity index (χ4v) is 2.42. The highest BCUT2D eigenvalue weighted by Gasteiger charge is 2.21. The molecule has 3 N–H and O–H groups in total. The summed E-state index contributed by atoms with van der Waals surface area (Å²) < 4.78 is 5.88. The van der Waals surface area contributed by atoms with Gasteiger partial charge in [0.25, 0.3) is 0 Å². The van der Waals surface area contributed by atoms with Crippen LogP contribution in [-0.4, -0.2) is 43.5 Å². The van der Waals surface area contributed by atoms with Gasteiger partial charge in [-0.1, -0.05) is 6.07 Å². The number of piperazine rings is 1. The van der Waals surface area contributed by atoms with Gasteiger partial charge in [0.2, 0.25) is 0 Å². The van der Waals surface area contributed by atoms with E-state index in [0.29, 0.717) is 13.2 Å². The molecule has 0 amide bonds. The van der Waals surface area contributed by atoms with Gasteiger partial charge in [-0.25, -0.2) is 0 Å². The maximum atomic E-state index is 9.15. The molecule has 102 valence electrons.